The van der Waals surface area contributed by atoms with Gasteiger partial charge in [0.15, 0.2) is 5.79 Å². The summed E-state index contributed by atoms with van der Waals surface area (Å²) in [7, 11) is 0. The minimum atomic E-state index is -0.317. The number of nitrogens with one attached hydrogen (secondary N) is 2. The molecule has 1 aromatic heterocycles. The predicted molar refractivity (Wildman–Crippen MR) is 117 cm³/mol. The molecule has 7 nitrogen and oxygen atoms in total. The molecule has 1 spiro atoms. The lowest BCUT2D eigenvalue weighted by Crippen LogP contribution is -2.34. The number of rotatable bonds is 3. The van der Waals surface area contributed by atoms with Crippen LogP contribution in [0.25, 0.3) is 11.0 Å². The van der Waals surface area contributed by atoms with E-state index in [0.717, 1.165) is 61.2 Å². The molecule has 6 rings (SSSR count). The molecule has 0 radical (unpaired) electrons. The minimum absolute atomic E-state index is 0.0344. The van der Waals surface area contributed by atoms with E-state index in [1.54, 1.807) is 6.33 Å². The summed E-state index contributed by atoms with van der Waals surface area (Å²) in [6, 6.07) is 14.6. The molecule has 2 amide bonds. The lowest BCUT2D eigenvalue weighted by Gasteiger charge is -2.35. The van der Waals surface area contributed by atoms with Gasteiger partial charge in [-0.1, -0.05) is 24.3 Å². The van der Waals surface area contributed by atoms with E-state index in [-0.39, 0.29) is 17.9 Å². The lowest BCUT2D eigenvalue weighted by atomic mass is 9.80. The van der Waals surface area contributed by atoms with E-state index in [4.69, 9.17) is 9.47 Å². The van der Waals surface area contributed by atoms with Gasteiger partial charge in [-0.3, -0.25) is 4.90 Å². The fourth-order valence-corrected chi connectivity index (χ4v) is 5.30. The van der Waals surface area contributed by atoms with Crippen molar-refractivity contribution in [3.05, 3.63) is 59.9 Å². The summed E-state index contributed by atoms with van der Waals surface area (Å²) >= 11 is 0. The number of carbonyl (C=O) groups is 1. The molecule has 2 aromatic carbocycles. The van der Waals surface area contributed by atoms with Crippen LogP contribution in [-0.2, 0) is 9.47 Å². The molecule has 3 heterocycles. The number of hydrogen-bond donors (Lipinski definition) is 2. The number of anilines is 1. The number of nitrogens with zero attached hydrogens (tertiary/aromatic N) is 2. The highest BCUT2D eigenvalue weighted by Crippen LogP contribution is 2.42. The van der Waals surface area contributed by atoms with E-state index in [1.807, 2.05) is 23.1 Å². The van der Waals surface area contributed by atoms with Gasteiger partial charge in [-0.2, -0.15) is 0 Å². The van der Waals surface area contributed by atoms with Crippen LogP contribution in [0.3, 0.4) is 0 Å². The van der Waals surface area contributed by atoms with Crippen LogP contribution in [-0.4, -0.2) is 41.5 Å². The molecule has 3 fully saturated rings. The molecular weight excluding hydrogens is 392 g/mol. The molecule has 1 aliphatic carbocycles. The van der Waals surface area contributed by atoms with Crippen LogP contribution in [0.15, 0.2) is 48.8 Å². The summed E-state index contributed by atoms with van der Waals surface area (Å²) in [6.45, 7) is 2.03. The van der Waals surface area contributed by atoms with Crippen molar-refractivity contribution in [2.75, 3.05) is 24.7 Å². The van der Waals surface area contributed by atoms with Crippen molar-refractivity contribution in [1.29, 1.82) is 0 Å². The van der Waals surface area contributed by atoms with Gasteiger partial charge in [0.1, 0.15) is 0 Å². The van der Waals surface area contributed by atoms with Crippen LogP contribution >= 0.6 is 0 Å². The molecule has 31 heavy (non-hydrogen) atoms. The number of amides is 2. The Morgan fingerprint density at radius 3 is 2.52 bits per heavy atom. The number of fused-ring (bicyclic) bond motifs is 1. The maximum atomic E-state index is 12.6. The van der Waals surface area contributed by atoms with Crippen molar-refractivity contribution in [3.8, 4) is 0 Å². The Morgan fingerprint density at radius 2 is 1.74 bits per heavy atom. The normalized spacial score (nSPS) is 23.7. The number of urea groups is 1. The third-order valence-corrected chi connectivity index (χ3v) is 7.01. The zero-order valence-electron chi connectivity index (χ0n) is 17.3. The molecule has 3 aromatic rings. The van der Waals surface area contributed by atoms with Gasteiger partial charge in [0.2, 0.25) is 0 Å². The second kappa shape index (κ2) is 7.35. The van der Waals surface area contributed by atoms with Gasteiger partial charge in [0.25, 0.3) is 0 Å². The van der Waals surface area contributed by atoms with Crippen LogP contribution in [0.2, 0.25) is 0 Å². The topological polar surface area (TPSA) is 79.5 Å². The zero-order valence-corrected chi connectivity index (χ0v) is 17.3. The van der Waals surface area contributed by atoms with Crippen LogP contribution in [0, 0.1) is 0 Å². The predicted octanol–water partition coefficient (Wildman–Crippen LogP) is 4.23. The molecule has 160 valence electrons. The third-order valence-electron chi connectivity index (χ3n) is 7.01. The van der Waals surface area contributed by atoms with Gasteiger partial charge in [-0.15, -0.1) is 0 Å². The second-order valence-electron chi connectivity index (χ2n) is 8.72. The summed E-state index contributed by atoms with van der Waals surface area (Å²) in [5.41, 5.74) is 5.18. The van der Waals surface area contributed by atoms with Crippen molar-refractivity contribution in [2.45, 2.75) is 43.4 Å². The van der Waals surface area contributed by atoms with Crippen molar-refractivity contribution < 1.29 is 14.3 Å². The molecular formula is C24H26N4O3. The highest BCUT2D eigenvalue weighted by atomic mass is 16.7. The first kappa shape index (κ1) is 18.8. The van der Waals surface area contributed by atoms with E-state index in [1.165, 1.54) is 5.56 Å². The molecule has 1 atom stereocenters. The Morgan fingerprint density at radius 1 is 1.00 bits per heavy atom. The first-order valence-corrected chi connectivity index (χ1v) is 11.1. The first-order chi connectivity index (χ1) is 15.2. The number of ether oxygens (including phenoxy) is 2. The summed E-state index contributed by atoms with van der Waals surface area (Å²) < 4.78 is 11.7. The summed E-state index contributed by atoms with van der Waals surface area (Å²) in [4.78, 5) is 21.9. The third kappa shape index (κ3) is 3.28. The molecule has 2 aliphatic heterocycles. The van der Waals surface area contributed by atoms with Gasteiger partial charge in [0.05, 0.1) is 36.6 Å². The molecule has 1 unspecified atom stereocenters. The number of aromatic amines is 1. The Bertz CT molecular complexity index is 1090. The standard InChI is InChI=1S/C24H26N4O3/c29-23-25-14-22(28(23)19-5-6-20-21(13-19)27-15-26-20)18-3-1-16(2-4-18)17-7-9-24(10-8-17)30-11-12-31-24/h1-6,13,15,17,22H,7-12,14H2,(H,25,29)(H,26,27). The van der Waals surface area contributed by atoms with Crippen LogP contribution < -0.4 is 10.2 Å². The van der Waals surface area contributed by atoms with E-state index in [0.29, 0.717) is 12.5 Å². The fourth-order valence-electron chi connectivity index (χ4n) is 5.30. The van der Waals surface area contributed by atoms with E-state index in [9.17, 15) is 4.79 Å². The Balaban J connectivity index is 1.21. The number of imidazole rings is 1. The van der Waals surface area contributed by atoms with Gasteiger partial charge >= 0.3 is 6.03 Å². The fraction of sp³-hybridized carbons (Fsp3) is 0.417. The number of H-pyrrole nitrogens is 1. The van der Waals surface area contributed by atoms with Crippen LogP contribution in [0.4, 0.5) is 10.5 Å². The largest absolute Gasteiger partial charge is 0.348 e. The van der Waals surface area contributed by atoms with Crippen LogP contribution in [0.5, 0.6) is 0 Å². The monoisotopic (exact) mass is 418 g/mol. The Labute approximate surface area is 180 Å². The maximum absolute atomic E-state index is 12.6. The summed E-state index contributed by atoms with van der Waals surface area (Å²) in [6.07, 6.45) is 5.76. The molecule has 3 aliphatic rings. The smallest absolute Gasteiger partial charge is 0.322 e. The number of carbonyl (C=O) groups excluding carboxylic acids is 1. The number of aromatic nitrogens is 2. The average Bonchev–Trinajstić information content (AvgIpc) is 3.54. The van der Waals surface area contributed by atoms with E-state index in [2.05, 4.69) is 39.6 Å². The average molecular weight is 418 g/mol. The van der Waals surface area contributed by atoms with Crippen molar-refractivity contribution in [3.63, 3.8) is 0 Å². The van der Waals surface area contributed by atoms with Gasteiger partial charge < -0.3 is 19.8 Å². The Hall–Kier alpha value is -2.90. The molecule has 0 bridgehead atoms. The first-order valence-electron chi connectivity index (χ1n) is 11.1. The summed E-state index contributed by atoms with van der Waals surface area (Å²) in [5, 5.41) is 3.00. The number of benzene rings is 2. The Kier molecular flexibility index (Phi) is 4.47. The highest BCUT2D eigenvalue weighted by Gasteiger charge is 2.40. The van der Waals surface area contributed by atoms with Crippen molar-refractivity contribution in [1.82, 2.24) is 15.3 Å². The lowest BCUT2D eigenvalue weighted by molar-refractivity contribution is -0.178. The second-order valence-corrected chi connectivity index (χ2v) is 8.72. The number of hydrogen-bond acceptors (Lipinski definition) is 4. The molecule has 2 N–H and O–H groups in total. The van der Waals surface area contributed by atoms with E-state index < -0.39 is 0 Å². The summed E-state index contributed by atoms with van der Waals surface area (Å²) in [5.74, 6) is 0.219. The van der Waals surface area contributed by atoms with Crippen LogP contribution in [0.1, 0.15) is 48.8 Å². The van der Waals surface area contributed by atoms with Gasteiger partial charge in [-0.25, -0.2) is 9.78 Å². The molecule has 7 heteroatoms. The zero-order chi connectivity index (χ0) is 20.8. The quantitative estimate of drug-likeness (QED) is 0.667. The minimum Gasteiger partial charge on any atom is -0.348 e. The molecule has 2 saturated heterocycles. The van der Waals surface area contributed by atoms with E-state index >= 15 is 0 Å². The van der Waals surface area contributed by atoms with Gasteiger partial charge in [0, 0.05) is 25.1 Å². The maximum Gasteiger partial charge on any atom is 0.322 e. The van der Waals surface area contributed by atoms with Crippen molar-refractivity contribution in [2.24, 2.45) is 0 Å². The molecule has 1 saturated carbocycles. The highest BCUT2D eigenvalue weighted by molar-refractivity contribution is 5.97. The SMILES string of the molecule is O=C1NCC(c2ccc(C3CCC4(CC3)OCCO4)cc2)N1c1ccc2[nH]cnc2c1. The van der Waals surface area contributed by atoms with Gasteiger partial charge in [-0.05, 0) is 48.1 Å². The van der Waals surface area contributed by atoms with Crippen molar-refractivity contribution >= 4 is 22.8 Å².